The van der Waals surface area contributed by atoms with Crippen molar-refractivity contribution < 1.29 is 14.2 Å². The summed E-state index contributed by atoms with van der Waals surface area (Å²) in [5.74, 6) is 2.08. The molecule has 0 radical (unpaired) electrons. The Labute approximate surface area is 192 Å². The summed E-state index contributed by atoms with van der Waals surface area (Å²) in [6, 6.07) is 11.6. The quantitative estimate of drug-likeness (QED) is 0.566. The zero-order chi connectivity index (χ0) is 22.3. The van der Waals surface area contributed by atoms with Crippen LogP contribution in [0.15, 0.2) is 42.6 Å². The minimum atomic E-state index is -0.734. The van der Waals surface area contributed by atoms with Gasteiger partial charge in [0, 0.05) is 30.3 Å². The van der Waals surface area contributed by atoms with E-state index in [0.717, 1.165) is 48.6 Å². The number of pyridine rings is 1. The second-order valence-corrected chi connectivity index (χ2v) is 8.96. The van der Waals surface area contributed by atoms with E-state index in [0.29, 0.717) is 43.5 Å². The van der Waals surface area contributed by atoms with Gasteiger partial charge in [0.25, 0.3) is 0 Å². The molecule has 2 aliphatic heterocycles. The van der Waals surface area contributed by atoms with Crippen molar-refractivity contribution in [3.63, 3.8) is 0 Å². The van der Waals surface area contributed by atoms with E-state index in [1.165, 1.54) is 0 Å². The highest BCUT2D eigenvalue weighted by Gasteiger charge is 2.42. The third kappa shape index (κ3) is 3.77. The summed E-state index contributed by atoms with van der Waals surface area (Å²) < 4.78 is 20.4. The fraction of sp³-hybridized carbons (Fsp3) is 0.440. The van der Waals surface area contributed by atoms with E-state index in [2.05, 4.69) is 24.6 Å². The molecule has 0 amide bonds. The molecule has 1 aliphatic carbocycles. The topological polar surface area (TPSA) is 75.7 Å². The molecule has 0 bridgehead atoms. The van der Waals surface area contributed by atoms with Gasteiger partial charge in [-0.05, 0) is 43.4 Å². The molecule has 8 heteroatoms. The molecular formula is C25H25N5O3. The third-order valence-electron chi connectivity index (χ3n) is 6.85. The average molecular weight is 444 g/mol. The Morgan fingerprint density at radius 1 is 1.03 bits per heavy atom. The van der Waals surface area contributed by atoms with Crippen molar-refractivity contribution >= 4 is 5.69 Å². The zero-order valence-electron chi connectivity index (χ0n) is 18.3. The molecule has 3 aromatic rings. The van der Waals surface area contributed by atoms with Crippen molar-refractivity contribution in [1.29, 1.82) is 0 Å². The van der Waals surface area contributed by atoms with Crippen LogP contribution in [0.4, 0.5) is 5.69 Å². The molecule has 2 fully saturated rings. The maximum absolute atomic E-state index is 7.45. The molecule has 3 aliphatic rings. The van der Waals surface area contributed by atoms with Gasteiger partial charge in [-0.2, -0.15) is 0 Å². The van der Waals surface area contributed by atoms with Gasteiger partial charge < -0.3 is 14.2 Å². The second kappa shape index (κ2) is 8.25. The Hall–Kier alpha value is -3.28. The highest BCUT2D eigenvalue weighted by molar-refractivity contribution is 5.56. The SMILES string of the molecule is [C-]#[N+]c1ccc2c(c1)CC1(Cc3nnc(C4CCC(Oc5ccccn5)CC4)n3-2)OCCO1. The Morgan fingerprint density at radius 2 is 1.88 bits per heavy atom. The minimum Gasteiger partial charge on any atom is -0.474 e. The summed E-state index contributed by atoms with van der Waals surface area (Å²) in [5, 5.41) is 9.25. The summed E-state index contributed by atoms with van der Waals surface area (Å²) in [5.41, 5.74) is 2.68. The van der Waals surface area contributed by atoms with E-state index in [-0.39, 0.29) is 6.10 Å². The molecular weight excluding hydrogens is 418 g/mol. The van der Waals surface area contributed by atoms with Gasteiger partial charge in [-0.15, -0.1) is 10.2 Å². The van der Waals surface area contributed by atoms with Gasteiger partial charge in [0.05, 0.1) is 26.2 Å². The average Bonchev–Trinajstić information content (AvgIpc) is 3.44. The summed E-state index contributed by atoms with van der Waals surface area (Å²) in [4.78, 5) is 7.92. The van der Waals surface area contributed by atoms with Crippen molar-refractivity contribution in [2.75, 3.05) is 13.2 Å². The van der Waals surface area contributed by atoms with Gasteiger partial charge in [0.1, 0.15) is 17.8 Å². The number of nitrogens with zero attached hydrogens (tertiary/aromatic N) is 5. The summed E-state index contributed by atoms with van der Waals surface area (Å²) in [6.45, 7) is 8.59. The van der Waals surface area contributed by atoms with Crippen molar-refractivity contribution in [2.45, 2.75) is 56.3 Å². The van der Waals surface area contributed by atoms with E-state index < -0.39 is 5.79 Å². The molecule has 2 aromatic heterocycles. The third-order valence-corrected chi connectivity index (χ3v) is 6.85. The molecule has 6 rings (SSSR count). The summed E-state index contributed by atoms with van der Waals surface area (Å²) >= 11 is 0. The summed E-state index contributed by atoms with van der Waals surface area (Å²) in [7, 11) is 0. The largest absolute Gasteiger partial charge is 0.474 e. The predicted octanol–water partition coefficient (Wildman–Crippen LogP) is 4.16. The number of fused-ring (bicyclic) bond motifs is 3. The molecule has 1 saturated carbocycles. The highest BCUT2D eigenvalue weighted by Crippen LogP contribution is 2.40. The van der Waals surface area contributed by atoms with Crippen LogP contribution in [0.25, 0.3) is 10.5 Å². The molecule has 4 heterocycles. The highest BCUT2D eigenvalue weighted by atomic mass is 16.7. The number of rotatable bonds is 3. The fourth-order valence-electron chi connectivity index (χ4n) is 5.29. The Bertz CT molecular complexity index is 1190. The Morgan fingerprint density at radius 3 is 2.64 bits per heavy atom. The second-order valence-electron chi connectivity index (χ2n) is 8.96. The van der Waals surface area contributed by atoms with Crippen LogP contribution in [0.3, 0.4) is 0 Å². The van der Waals surface area contributed by atoms with Gasteiger partial charge in [-0.1, -0.05) is 18.2 Å². The molecule has 0 atom stereocenters. The first-order valence-corrected chi connectivity index (χ1v) is 11.5. The first-order valence-electron chi connectivity index (χ1n) is 11.5. The lowest BCUT2D eigenvalue weighted by atomic mass is 9.86. The van der Waals surface area contributed by atoms with Crippen molar-refractivity contribution in [3.05, 3.63) is 71.2 Å². The molecule has 168 valence electrons. The number of hydrogen-bond acceptors (Lipinski definition) is 6. The van der Waals surface area contributed by atoms with E-state index in [1.807, 2.05) is 36.4 Å². The van der Waals surface area contributed by atoms with Gasteiger partial charge in [-0.25, -0.2) is 9.83 Å². The zero-order valence-corrected chi connectivity index (χ0v) is 18.3. The smallest absolute Gasteiger partial charge is 0.213 e. The van der Waals surface area contributed by atoms with Gasteiger partial charge in [0.15, 0.2) is 11.5 Å². The number of ether oxygens (including phenoxy) is 3. The molecule has 1 aromatic carbocycles. The number of benzene rings is 1. The van der Waals surface area contributed by atoms with Crippen LogP contribution in [0.5, 0.6) is 5.88 Å². The van der Waals surface area contributed by atoms with Crippen LogP contribution in [-0.2, 0) is 22.3 Å². The summed E-state index contributed by atoms with van der Waals surface area (Å²) in [6.07, 6.45) is 6.91. The van der Waals surface area contributed by atoms with E-state index in [1.54, 1.807) is 6.20 Å². The van der Waals surface area contributed by atoms with Gasteiger partial charge in [0.2, 0.25) is 5.88 Å². The standard InChI is InChI=1S/C25H25N5O3/c1-26-19-7-10-21-18(14-19)15-25(31-12-13-32-25)16-22-28-29-24(30(21)22)17-5-8-20(9-6-17)33-23-4-2-3-11-27-23/h2-4,7,10-11,14,17,20H,5-6,8-9,12-13,15-16H2. The van der Waals surface area contributed by atoms with Crippen molar-refractivity contribution in [2.24, 2.45) is 0 Å². The first kappa shape index (κ1) is 20.3. The maximum atomic E-state index is 7.45. The fourth-order valence-corrected chi connectivity index (χ4v) is 5.29. The normalized spacial score (nSPS) is 23.4. The first-order chi connectivity index (χ1) is 16.2. The van der Waals surface area contributed by atoms with Gasteiger partial charge in [-0.3, -0.25) is 4.57 Å². The molecule has 0 N–H and O–H groups in total. The lowest BCUT2D eigenvalue weighted by Gasteiger charge is -2.28. The van der Waals surface area contributed by atoms with Crippen molar-refractivity contribution in [1.82, 2.24) is 19.7 Å². The minimum absolute atomic E-state index is 0.166. The lowest BCUT2D eigenvalue weighted by Crippen LogP contribution is -2.35. The molecule has 33 heavy (non-hydrogen) atoms. The van der Waals surface area contributed by atoms with Crippen LogP contribution in [-0.4, -0.2) is 44.9 Å². The maximum Gasteiger partial charge on any atom is 0.213 e. The van der Waals surface area contributed by atoms with Crippen LogP contribution in [0.2, 0.25) is 0 Å². The van der Waals surface area contributed by atoms with E-state index in [9.17, 15) is 0 Å². The van der Waals surface area contributed by atoms with Crippen LogP contribution < -0.4 is 4.74 Å². The van der Waals surface area contributed by atoms with Crippen molar-refractivity contribution in [3.8, 4) is 11.6 Å². The van der Waals surface area contributed by atoms with Crippen LogP contribution in [0.1, 0.15) is 48.8 Å². The lowest BCUT2D eigenvalue weighted by molar-refractivity contribution is -0.155. The number of aromatic nitrogens is 4. The monoisotopic (exact) mass is 443 g/mol. The molecule has 1 spiro atoms. The number of hydrogen-bond donors (Lipinski definition) is 0. The molecule has 1 saturated heterocycles. The molecule has 0 unspecified atom stereocenters. The van der Waals surface area contributed by atoms with E-state index >= 15 is 0 Å². The Balaban J connectivity index is 1.30. The molecule has 8 nitrogen and oxygen atoms in total. The van der Waals surface area contributed by atoms with Crippen LogP contribution in [0, 0.1) is 6.57 Å². The predicted molar refractivity (Wildman–Crippen MR) is 120 cm³/mol. The van der Waals surface area contributed by atoms with Gasteiger partial charge >= 0.3 is 0 Å². The Kier molecular flexibility index (Phi) is 5.08. The van der Waals surface area contributed by atoms with E-state index in [4.69, 9.17) is 20.8 Å². The van der Waals surface area contributed by atoms with Crippen LogP contribution >= 0.6 is 0 Å².